The molecule has 1 fully saturated rings. The minimum atomic E-state index is 0.0613. The van der Waals surface area contributed by atoms with Crippen molar-refractivity contribution < 1.29 is 4.74 Å². The Morgan fingerprint density at radius 2 is 2.33 bits per heavy atom. The Hall–Kier alpha value is -0.870. The summed E-state index contributed by atoms with van der Waals surface area (Å²) >= 11 is 0. The summed E-state index contributed by atoms with van der Waals surface area (Å²) in [5, 5.41) is 4.23. The van der Waals surface area contributed by atoms with Crippen molar-refractivity contribution in [3.05, 3.63) is 18.5 Å². The standard InChI is InChI=1S/C14H25N3O/c1-14(2)11-13(5-10-18-14)12-16(3)8-9-17-7-4-6-15-17/h4,6-7,13H,5,8-12H2,1-3H3. The zero-order valence-electron chi connectivity index (χ0n) is 11.8. The third-order valence-electron chi connectivity index (χ3n) is 3.64. The van der Waals surface area contributed by atoms with Crippen molar-refractivity contribution in [2.24, 2.45) is 5.92 Å². The summed E-state index contributed by atoms with van der Waals surface area (Å²) in [6.45, 7) is 8.49. The maximum Gasteiger partial charge on any atom is 0.0629 e. The highest BCUT2D eigenvalue weighted by atomic mass is 16.5. The average Bonchev–Trinajstić information content (AvgIpc) is 2.77. The van der Waals surface area contributed by atoms with Gasteiger partial charge in [-0.3, -0.25) is 4.68 Å². The van der Waals surface area contributed by atoms with Crippen LogP contribution in [0.4, 0.5) is 0 Å². The Balaban J connectivity index is 1.72. The van der Waals surface area contributed by atoms with Gasteiger partial charge in [-0.05, 0) is 45.7 Å². The SMILES string of the molecule is CN(CCn1cccn1)CC1CCOC(C)(C)C1. The molecule has 1 saturated heterocycles. The molecule has 0 amide bonds. The number of hydrogen-bond acceptors (Lipinski definition) is 3. The topological polar surface area (TPSA) is 30.3 Å². The summed E-state index contributed by atoms with van der Waals surface area (Å²) in [6.07, 6.45) is 6.21. The molecule has 0 aromatic carbocycles. The zero-order chi connectivity index (χ0) is 13.0. The predicted molar refractivity (Wildman–Crippen MR) is 72.5 cm³/mol. The molecule has 0 radical (unpaired) electrons. The second kappa shape index (κ2) is 5.85. The lowest BCUT2D eigenvalue weighted by Gasteiger charge is -2.37. The van der Waals surface area contributed by atoms with Crippen LogP contribution in [-0.4, -0.2) is 47.0 Å². The smallest absolute Gasteiger partial charge is 0.0629 e. The largest absolute Gasteiger partial charge is 0.376 e. The molecule has 1 aliphatic heterocycles. The number of aromatic nitrogens is 2. The molecule has 1 atom stereocenters. The van der Waals surface area contributed by atoms with E-state index in [1.54, 1.807) is 0 Å². The van der Waals surface area contributed by atoms with E-state index in [9.17, 15) is 0 Å². The first kappa shape index (κ1) is 13.6. The van der Waals surface area contributed by atoms with Crippen molar-refractivity contribution >= 4 is 0 Å². The Labute approximate surface area is 110 Å². The van der Waals surface area contributed by atoms with Gasteiger partial charge in [-0.25, -0.2) is 0 Å². The number of rotatable bonds is 5. The molecule has 0 spiro atoms. The maximum absolute atomic E-state index is 5.76. The third-order valence-corrected chi connectivity index (χ3v) is 3.64. The molecule has 4 heteroatoms. The average molecular weight is 251 g/mol. The first-order valence-electron chi connectivity index (χ1n) is 6.85. The molecule has 1 aromatic heterocycles. The number of ether oxygens (including phenoxy) is 1. The molecule has 18 heavy (non-hydrogen) atoms. The van der Waals surface area contributed by atoms with Gasteiger partial charge in [0.25, 0.3) is 0 Å². The molecular formula is C14H25N3O. The van der Waals surface area contributed by atoms with Crippen molar-refractivity contribution in [2.75, 3.05) is 26.7 Å². The monoisotopic (exact) mass is 251 g/mol. The van der Waals surface area contributed by atoms with E-state index in [0.717, 1.165) is 32.2 Å². The van der Waals surface area contributed by atoms with Gasteiger partial charge >= 0.3 is 0 Å². The van der Waals surface area contributed by atoms with Gasteiger partial charge in [0.05, 0.1) is 12.1 Å². The number of hydrogen-bond donors (Lipinski definition) is 0. The van der Waals surface area contributed by atoms with Crippen molar-refractivity contribution in [1.82, 2.24) is 14.7 Å². The lowest BCUT2D eigenvalue weighted by Crippen LogP contribution is -2.39. The van der Waals surface area contributed by atoms with Gasteiger partial charge in [0, 0.05) is 32.1 Å². The summed E-state index contributed by atoms with van der Waals surface area (Å²) in [7, 11) is 2.20. The van der Waals surface area contributed by atoms with Gasteiger partial charge in [0.2, 0.25) is 0 Å². The predicted octanol–water partition coefficient (Wildman–Crippen LogP) is 2.02. The van der Waals surface area contributed by atoms with Crippen LogP contribution in [0.15, 0.2) is 18.5 Å². The van der Waals surface area contributed by atoms with Crippen LogP contribution in [-0.2, 0) is 11.3 Å². The van der Waals surface area contributed by atoms with Crippen LogP contribution >= 0.6 is 0 Å². The number of nitrogens with zero attached hydrogens (tertiary/aromatic N) is 3. The van der Waals surface area contributed by atoms with E-state index in [1.807, 2.05) is 23.1 Å². The molecule has 1 aromatic rings. The normalized spacial score (nSPS) is 23.4. The van der Waals surface area contributed by atoms with E-state index in [1.165, 1.54) is 12.8 Å². The fraction of sp³-hybridized carbons (Fsp3) is 0.786. The highest BCUT2D eigenvalue weighted by molar-refractivity contribution is 4.81. The highest BCUT2D eigenvalue weighted by Crippen LogP contribution is 2.28. The minimum absolute atomic E-state index is 0.0613. The molecule has 1 unspecified atom stereocenters. The molecule has 2 rings (SSSR count). The first-order chi connectivity index (χ1) is 8.55. The van der Waals surface area contributed by atoms with Crippen LogP contribution in [0.5, 0.6) is 0 Å². The molecular weight excluding hydrogens is 226 g/mol. The minimum Gasteiger partial charge on any atom is -0.376 e. The van der Waals surface area contributed by atoms with Crippen molar-refractivity contribution in [1.29, 1.82) is 0 Å². The second-order valence-electron chi connectivity index (χ2n) is 6.00. The molecule has 1 aliphatic rings. The maximum atomic E-state index is 5.76. The van der Waals surface area contributed by atoms with Gasteiger partial charge < -0.3 is 9.64 Å². The summed E-state index contributed by atoms with van der Waals surface area (Å²) in [5.74, 6) is 0.761. The van der Waals surface area contributed by atoms with Crippen LogP contribution < -0.4 is 0 Å². The summed E-state index contributed by atoms with van der Waals surface area (Å²) in [4.78, 5) is 2.41. The van der Waals surface area contributed by atoms with E-state index in [4.69, 9.17) is 4.74 Å². The first-order valence-corrected chi connectivity index (χ1v) is 6.85. The Morgan fingerprint density at radius 1 is 1.50 bits per heavy atom. The van der Waals surface area contributed by atoms with Crippen LogP contribution in [0.2, 0.25) is 0 Å². The summed E-state index contributed by atoms with van der Waals surface area (Å²) in [5.41, 5.74) is 0.0613. The van der Waals surface area contributed by atoms with Crippen LogP contribution in [0.1, 0.15) is 26.7 Å². The van der Waals surface area contributed by atoms with E-state index >= 15 is 0 Å². The molecule has 0 N–H and O–H groups in total. The van der Waals surface area contributed by atoms with Crippen LogP contribution in [0.3, 0.4) is 0 Å². The van der Waals surface area contributed by atoms with Gasteiger partial charge in [0.1, 0.15) is 0 Å². The second-order valence-corrected chi connectivity index (χ2v) is 6.00. The lowest BCUT2D eigenvalue weighted by molar-refractivity contribution is -0.0760. The lowest BCUT2D eigenvalue weighted by atomic mass is 9.88. The van der Waals surface area contributed by atoms with Crippen molar-refractivity contribution in [3.8, 4) is 0 Å². The Morgan fingerprint density at radius 3 is 3.00 bits per heavy atom. The molecule has 4 nitrogen and oxygen atoms in total. The Bertz CT molecular complexity index is 348. The molecule has 2 heterocycles. The van der Waals surface area contributed by atoms with E-state index in [0.29, 0.717) is 0 Å². The molecule has 0 saturated carbocycles. The third kappa shape index (κ3) is 4.10. The summed E-state index contributed by atoms with van der Waals surface area (Å²) in [6, 6.07) is 1.97. The van der Waals surface area contributed by atoms with Crippen molar-refractivity contribution in [2.45, 2.75) is 38.8 Å². The van der Waals surface area contributed by atoms with Gasteiger partial charge in [-0.1, -0.05) is 0 Å². The molecule has 0 aliphatic carbocycles. The summed E-state index contributed by atoms with van der Waals surface area (Å²) < 4.78 is 7.75. The van der Waals surface area contributed by atoms with E-state index in [-0.39, 0.29) is 5.60 Å². The zero-order valence-corrected chi connectivity index (χ0v) is 11.8. The van der Waals surface area contributed by atoms with E-state index < -0.39 is 0 Å². The van der Waals surface area contributed by atoms with Gasteiger partial charge in [-0.15, -0.1) is 0 Å². The Kier molecular flexibility index (Phi) is 4.40. The quantitative estimate of drug-likeness (QED) is 0.802. The van der Waals surface area contributed by atoms with Crippen LogP contribution in [0.25, 0.3) is 0 Å². The van der Waals surface area contributed by atoms with E-state index in [2.05, 4.69) is 30.9 Å². The highest BCUT2D eigenvalue weighted by Gasteiger charge is 2.29. The van der Waals surface area contributed by atoms with Gasteiger partial charge in [-0.2, -0.15) is 5.10 Å². The molecule has 0 bridgehead atoms. The fourth-order valence-corrected chi connectivity index (χ4v) is 2.75. The van der Waals surface area contributed by atoms with Crippen molar-refractivity contribution in [3.63, 3.8) is 0 Å². The van der Waals surface area contributed by atoms with Crippen LogP contribution in [0, 0.1) is 5.92 Å². The fourth-order valence-electron chi connectivity index (χ4n) is 2.75. The molecule has 102 valence electrons. The number of likely N-dealkylation sites (N-methyl/N-ethyl adjacent to an activating group) is 1. The van der Waals surface area contributed by atoms with Gasteiger partial charge in [0.15, 0.2) is 0 Å².